The molecule has 146 valence electrons. The maximum atomic E-state index is 11.5. The molecule has 0 spiro atoms. The van der Waals surface area contributed by atoms with Gasteiger partial charge < -0.3 is 30.7 Å². The van der Waals surface area contributed by atoms with Crippen molar-refractivity contribution < 1.29 is 19.1 Å². The predicted molar refractivity (Wildman–Crippen MR) is 97.8 cm³/mol. The largest absolute Gasteiger partial charge is 0.444 e. The number of nitrogens with one attached hydrogen (secondary N) is 4. The van der Waals surface area contributed by atoms with Gasteiger partial charge in [0, 0.05) is 33.2 Å². The zero-order valence-electron chi connectivity index (χ0n) is 16.4. The Bertz CT molecular complexity index is 414. The maximum absolute atomic E-state index is 11.5. The fourth-order valence-electron chi connectivity index (χ4n) is 1.54. The first-order valence-electron chi connectivity index (χ1n) is 8.31. The summed E-state index contributed by atoms with van der Waals surface area (Å²) in [6.07, 6.45) is -0.919. The molecule has 2 amide bonds. The van der Waals surface area contributed by atoms with Crippen molar-refractivity contribution in [2.75, 3.05) is 33.2 Å². The molecule has 9 nitrogen and oxygen atoms in total. The summed E-state index contributed by atoms with van der Waals surface area (Å²) < 4.78 is 10.3. The van der Waals surface area contributed by atoms with E-state index >= 15 is 0 Å². The van der Waals surface area contributed by atoms with Crippen molar-refractivity contribution in [3.8, 4) is 0 Å². The molecule has 0 atom stereocenters. The number of ether oxygens (including phenoxy) is 2. The number of amides is 2. The van der Waals surface area contributed by atoms with E-state index in [2.05, 4.69) is 26.3 Å². The number of guanidine groups is 1. The van der Waals surface area contributed by atoms with E-state index in [0.717, 1.165) is 0 Å². The second-order valence-corrected chi connectivity index (χ2v) is 7.28. The van der Waals surface area contributed by atoms with Gasteiger partial charge in [-0.15, -0.1) is 0 Å². The number of nitrogens with zero attached hydrogens (tertiary/aromatic N) is 1. The van der Waals surface area contributed by atoms with Crippen LogP contribution in [0.25, 0.3) is 0 Å². The summed E-state index contributed by atoms with van der Waals surface area (Å²) in [5, 5.41) is 11.4. The predicted octanol–water partition coefficient (Wildman–Crippen LogP) is 1.20. The normalized spacial score (nSPS) is 11.2. The first kappa shape index (κ1) is 22.8. The zero-order chi connectivity index (χ0) is 19.5. The van der Waals surface area contributed by atoms with Crippen LogP contribution in [0, 0.1) is 0 Å². The molecule has 4 N–H and O–H groups in total. The van der Waals surface area contributed by atoms with Gasteiger partial charge in [0.15, 0.2) is 5.96 Å². The molecule has 25 heavy (non-hydrogen) atoms. The van der Waals surface area contributed by atoms with Crippen molar-refractivity contribution in [3.05, 3.63) is 0 Å². The van der Waals surface area contributed by atoms with Gasteiger partial charge >= 0.3 is 12.2 Å². The smallest absolute Gasteiger partial charge is 0.407 e. The molecule has 9 heteroatoms. The molecule has 0 saturated carbocycles. The molecule has 0 bridgehead atoms. The average molecular weight is 359 g/mol. The monoisotopic (exact) mass is 359 g/mol. The molecule has 0 aliphatic carbocycles. The molecule has 0 heterocycles. The Morgan fingerprint density at radius 2 is 1.04 bits per heavy atom. The standard InChI is InChI=1S/C16H33N5O4/c1-15(2,3)24-13(22)20-10-8-18-12(17-7)19-9-11-21-14(23)25-16(4,5)6/h8-11H2,1-7H3,(H,20,22)(H,21,23)(H2,17,18,19). The third-order valence-corrected chi connectivity index (χ3v) is 2.39. The molecule has 0 aromatic carbocycles. The third-order valence-electron chi connectivity index (χ3n) is 2.39. The van der Waals surface area contributed by atoms with Gasteiger partial charge in [-0.05, 0) is 41.5 Å². The number of carbonyl (C=O) groups excluding carboxylic acids is 2. The Morgan fingerprint density at radius 3 is 1.32 bits per heavy atom. The molecule has 0 aromatic heterocycles. The molecule has 0 aliphatic rings. The lowest BCUT2D eigenvalue weighted by molar-refractivity contribution is 0.0518. The molecule has 0 rings (SSSR count). The van der Waals surface area contributed by atoms with E-state index in [1.165, 1.54) is 0 Å². The Balaban J connectivity index is 3.84. The minimum Gasteiger partial charge on any atom is -0.444 e. The lowest BCUT2D eigenvalue weighted by Crippen LogP contribution is -2.44. The van der Waals surface area contributed by atoms with Crippen LogP contribution in [0.2, 0.25) is 0 Å². The number of hydrogen-bond acceptors (Lipinski definition) is 5. The van der Waals surface area contributed by atoms with E-state index in [-0.39, 0.29) is 0 Å². The maximum Gasteiger partial charge on any atom is 0.407 e. The van der Waals surface area contributed by atoms with E-state index in [0.29, 0.717) is 32.1 Å². The summed E-state index contributed by atoms with van der Waals surface area (Å²) in [5.74, 6) is 0.567. The van der Waals surface area contributed by atoms with Crippen LogP contribution in [0.3, 0.4) is 0 Å². The van der Waals surface area contributed by atoms with Gasteiger partial charge in [-0.3, -0.25) is 4.99 Å². The van der Waals surface area contributed by atoms with Crippen molar-refractivity contribution in [2.24, 2.45) is 4.99 Å². The van der Waals surface area contributed by atoms with Crippen LogP contribution in [-0.2, 0) is 9.47 Å². The van der Waals surface area contributed by atoms with E-state index in [1.807, 2.05) is 41.5 Å². The Hall–Kier alpha value is -2.19. The van der Waals surface area contributed by atoms with Gasteiger partial charge in [0.1, 0.15) is 11.2 Å². The first-order chi connectivity index (χ1) is 11.4. The lowest BCUT2D eigenvalue weighted by Gasteiger charge is -2.20. The van der Waals surface area contributed by atoms with E-state index < -0.39 is 23.4 Å². The van der Waals surface area contributed by atoms with Gasteiger partial charge in [-0.1, -0.05) is 0 Å². The summed E-state index contributed by atoms with van der Waals surface area (Å²) in [4.78, 5) is 27.0. The topological polar surface area (TPSA) is 113 Å². The third kappa shape index (κ3) is 15.1. The number of hydrogen-bond donors (Lipinski definition) is 4. The van der Waals surface area contributed by atoms with E-state index in [9.17, 15) is 9.59 Å². The van der Waals surface area contributed by atoms with Crippen LogP contribution in [0.4, 0.5) is 9.59 Å². The van der Waals surface area contributed by atoms with Crippen LogP contribution in [0.5, 0.6) is 0 Å². The van der Waals surface area contributed by atoms with Crippen molar-refractivity contribution in [2.45, 2.75) is 52.7 Å². The van der Waals surface area contributed by atoms with Crippen molar-refractivity contribution >= 4 is 18.1 Å². The summed E-state index contributed by atoms with van der Waals surface area (Å²) in [5.41, 5.74) is -1.04. The van der Waals surface area contributed by atoms with Gasteiger partial charge in [0.2, 0.25) is 0 Å². The molecule has 0 aliphatic heterocycles. The molecule has 0 saturated heterocycles. The Labute approximate surface area is 150 Å². The highest BCUT2D eigenvalue weighted by molar-refractivity contribution is 5.79. The number of carbonyl (C=O) groups is 2. The van der Waals surface area contributed by atoms with Crippen molar-refractivity contribution in [1.29, 1.82) is 0 Å². The quantitative estimate of drug-likeness (QED) is 0.322. The van der Waals surface area contributed by atoms with Gasteiger partial charge in [0.25, 0.3) is 0 Å². The first-order valence-corrected chi connectivity index (χ1v) is 8.31. The van der Waals surface area contributed by atoms with Gasteiger partial charge in [-0.2, -0.15) is 0 Å². The lowest BCUT2D eigenvalue weighted by atomic mass is 10.2. The van der Waals surface area contributed by atoms with E-state index in [4.69, 9.17) is 9.47 Å². The highest BCUT2D eigenvalue weighted by Crippen LogP contribution is 2.06. The van der Waals surface area contributed by atoms with Gasteiger partial charge in [0.05, 0.1) is 0 Å². The molecule has 0 aromatic rings. The summed E-state index contributed by atoms with van der Waals surface area (Å²) in [6, 6.07) is 0. The van der Waals surface area contributed by atoms with Crippen molar-refractivity contribution in [1.82, 2.24) is 21.3 Å². The highest BCUT2D eigenvalue weighted by Gasteiger charge is 2.16. The molecular formula is C16H33N5O4. The minimum atomic E-state index is -0.518. The number of aliphatic imine (C=N–C) groups is 1. The number of alkyl carbamates (subject to hydrolysis) is 2. The molecular weight excluding hydrogens is 326 g/mol. The second-order valence-electron chi connectivity index (χ2n) is 7.28. The Morgan fingerprint density at radius 1 is 0.720 bits per heavy atom. The summed E-state index contributed by atoms with van der Waals surface area (Å²) in [6.45, 7) is 12.6. The number of rotatable bonds is 6. The SMILES string of the molecule is CN=C(NCCNC(=O)OC(C)(C)C)NCCNC(=O)OC(C)(C)C. The highest BCUT2D eigenvalue weighted by atomic mass is 16.6. The van der Waals surface area contributed by atoms with Crippen LogP contribution < -0.4 is 21.3 Å². The fraction of sp³-hybridized carbons (Fsp3) is 0.812. The van der Waals surface area contributed by atoms with Crippen LogP contribution in [-0.4, -0.2) is 62.6 Å². The van der Waals surface area contributed by atoms with Crippen molar-refractivity contribution in [3.63, 3.8) is 0 Å². The van der Waals surface area contributed by atoms with Crippen LogP contribution >= 0.6 is 0 Å². The second kappa shape index (κ2) is 10.6. The van der Waals surface area contributed by atoms with Crippen LogP contribution in [0.1, 0.15) is 41.5 Å². The summed E-state index contributed by atoms with van der Waals surface area (Å²) >= 11 is 0. The van der Waals surface area contributed by atoms with Crippen LogP contribution in [0.15, 0.2) is 4.99 Å². The minimum absolute atomic E-state index is 0.395. The fourth-order valence-corrected chi connectivity index (χ4v) is 1.54. The molecule has 0 radical (unpaired) electrons. The van der Waals surface area contributed by atoms with E-state index in [1.54, 1.807) is 7.05 Å². The zero-order valence-corrected chi connectivity index (χ0v) is 16.4. The molecule has 0 fully saturated rings. The molecule has 0 unspecified atom stereocenters. The average Bonchev–Trinajstić information content (AvgIpc) is 2.41. The van der Waals surface area contributed by atoms with Gasteiger partial charge in [-0.25, -0.2) is 9.59 Å². The Kier molecular flexibility index (Phi) is 9.70. The summed E-state index contributed by atoms with van der Waals surface area (Å²) in [7, 11) is 1.64.